The van der Waals surface area contributed by atoms with Crippen molar-refractivity contribution in [2.45, 2.75) is 5.16 Å². The molecular weight excluding hydrogens is 496 g/mol. The van der Waals surface area contributed by atoms with Gasteiger partial charge in [0.2, 0.25) is 0 Å². The maximum absolute atomic E-state index is 12.6. The van der Waals surface area contributed by atoms with E-state index in [1.165, 1.54) is 18.2 Å². The maximum Gasteiger partial charge on any atom is 0.270 e. The molecule has 188 valence electrons. The number of para-hydroxylation sites is 1. The van der Waals surface area contributed by atoms with Crippen molar-refractivity contribution in [3.63, 3.8) is 0 Å². The number of aromatic nitrogens is 2. The minimum atomic E-state index is -0.509. The summed E-state index contributed by atoms with van der Waals surface area (Å²) in [5.41, 5.74) is 5.07. The Morgan fingerprint density at radius 2 is 1.47 bits per heavy atom. The highest BCUT2D eigenvalue weighted by Crippen LogP contribution is 2.38. The highest BCUT2D eigenvalue weighted by atomic mass is 32.2. The third-order valence-electron chi connectivity index (χ3n) is 5.89. The number of carbonyl (C=O) groups is 1. The van der Waals surface area contributed by atoms with Crippen LogP contribution in [0.1, 0.15) is 10.4 Å². The Labute approximate surface area is 224 Å². The molecule has 1 heterocycles. The number of amides is 1. The molecule has 0 aliphatic heterocycles. The van der Waals surface area contributed by atoms with Gasteiger partial charge < -0.3 is 5.32 Å². The molecular formula is C30H24N4O3S. The SMILES string of the molecule is O=C(NCCSc1nc(-c2ccccc2)c(-c2ccccc2)n1-c1ccccc1)c1cccc([N+](=O)[O-])c1. The number of benzene rings is 4. The van der Waals surface area contributed by atoms with Gasteiger partial charge >= 0.3 is 0 Å². The molecule has 1 amide bonds. The van der Waals surface area contributed by atoms with Crippen LogP contribution in [0.15, 0.2) is 120 Å². The summed E-state index contributed by atoms with van der Waals surface area (Å²) < 4.78 is 2.16. The molecule has 0 atom stereocenters. The smallest absolute Gasteiger partial charge is 0.270 e. The topological polar surface area (TPSA) is 90.1 Å². The monoisotopic (exact) mass is 520 g/mol. The average Bonchev–Trinajstić information content (AvgIpc) is 3.36. The van der Waals surface area contributed by atoms with Gasteiger partial charge in [0, 0.05) is 46.8 Å². The molecule has 5 rings (SSSR count). The number of nitro groups is 1. The van der Waals surface area contributed by atoms with E-state index in [0.29, 0.717) is 12.3 Å². The first kappa shape index (κ1) is 25.0. The van der Waals surface area contributed by atoms with Crippen LogP contribution in [0.4, 0.5) is 5.69 Å². The lowest BCUT2D eigenvalue weighted by atomic mass is 10.0. The first-order valence-electron chi connectivity index (χ1n) is 12.1. The van der Waals surface area contributed by atoms with Crippen molar-refractivity contribution in [2.75, 3.05) is 12.3 Å². The Kier molecular flexibility index (Phi) is 7.61. The van der Waals surface area contributed by atoms with Crippen LogP contribution in [0.3, 0.4) is 0 Å². The first-order chi connectivity index (χ1) is 18.6. The standard InChI is InChI=1S/C30H24N4O3S/c35-29(24-15-10-18-26(21-24)34(36)37)31-19-20-38-30-32-27(22-11-4-1-5-12-22)28(23-13-6-2-7-14-23)33(30)25-16-8-3-9-17-25/h1-18,21H,19-20H2,(H,31,35). The van der Waals surface area contributed by atoms with E-state index in [1.807, 2.05) is 54.6 Å². The molecule has 0 unspecified atom stereocenters. The minimum Gasteiger partial charge on any atom is -0.351 e. The molecule has 0 fully saturated rings. The molecule has 0 aliphatic rings. The number of carbonyl (C=O) groups excluding carboxylic acids is 1. The predicted octanol–water partition coefficient (Wildman–Crippen LogP) is 6.64. The average molecular weight is 521 g/mol. The van der Waals surface area contributed by atoms with Crippen molar-refractivity contribution in [3.05, 3.63) is 131 Å². The van der Waals surface area contributed by atoms with Crippen LogP contribution >= 0.6 is 11.8 Å². The van der Waals surface area contributed by atoms with Gasteiger partial charge in [0.05, 0.1) is 16.3 Å². The van der Waals surface area contributed by atoms with Crippen molar-refractivity contribution in [1.82, 2.24) is 14.9 Å². The fraction of sp³-hybridized carbons (Fsp3) is 0.0667. The van der Waals surface area contributed by atoms with Crippen LogP contribution in [-0.2, 0) is 0 Å². The van der Waals surface area contributed by atoms with Crippen molar-refractivity contribution >= 4 is 23.4 Å². The molecule has 0 saturated heterocycles. The van der Waals surface area contributed by atoms with Crippen LogP contribution in [0.5, 0.6) is 0 Å². The molecule has 4 aromatic carbocycles. The van der Waals surface area contributed by atoms with E-state index < -0.39 is 4.92 Å². The highest BCUT2D eigenvalue weighted by Gasteiger charge is 2.21. The summed E-state index contributed by atoms with van der Waals surface area (Å²) in [7, 11) is 0. The van der Waals surface area contributed by atoms with Gasteiger partial charge in [-0.3, -0.25) is 19.5 Å². The third-order valence-corrected chi connectivity index (χ3v) is 6.83. The number of nitro benzene ring substituents is 1. The number of rotatable bonds is 9. The summed E-state index contributed by atoms with van der Waals surface area (Å²) in [6, 6.07) is 36.1. The molecule has 0 spiro atoms. The Morgan fingerprint density at radius 3 is 2.13 bits per heavy atom. The van der Waals surface area contributed by atoms with Gasteiger partial charge in [0.25, 0.3) is 11.6 Å². The van der Waals surface area contributed by atoms with Crippen LogP contribution in [-0.4, -0.2) is 32.7 Å². The zero-order chi connectivity index (χ0) is 26.3. The van der Waals surface area contributed by atoms with E-state index in [-0.39, 0.29) is 17.2 Å². The van der Waals surface area contributed by atoms with E-state index in [1.54, 1.807) is 17.8 Å². The lowest BCUT2D eigenvalue weighted by Crippen LogP contribution is -2.25. The van der Waals surface area contributed by atoms with Gasteiger partial charge in [-0.2, -0.15) is 0 Å². The summed E-state index contributed by atoms with van der Waals surface area (Å²) in [4.78, 5) is 28.2. The molecule has 1 aromatic heterocycles. The molecule has 7 nitrogen and oxygen atoms in total. The zero-order valence-electron chi connectivity index (χ0n) is 20.4. The number of thioether (sulfide) groups is 1. The van der Waals surface area contributed by atoms with Crippen LogP contribution in [0, 0.1) is 10.1 Å². The van der Waals surface area contributed by atoms with Crippen molar-refractivity contribution in [1.29, 1.82) is 0 Å². The fourth-order valence-corrected chi connectivity index (χ4v) is 5.01. The van der Waals surface area contributed by atoms with E-state index in [2.05, 4.69) is 46.3 Å². The molecule has 0 aliphatic carbocycles. The van der Waals surface area contributed by atoms with Crippen LogP contribution < -0.4 is 5.32 Å². The van der Waals surface area contributed by atoms with Crippen molar-refractivity contribution in [2.24, 2.45) is 0 Å². The fourth-order valence-electron chi connectivity index (χ4n) is 4.14. The highest BCUT2D eigenvalue weighted by molar-refractivity contribution is 7.99. The summed E-state index contributed by atoms with van der Waals surface area (Å²) >= 11 is 1.54. The number of hydrogen-bond acceptors (Lipinski definition) is 5. The summed E-state index contributed by atoms with van der Waals surface area (Å²) in [6.07, 6.45) is 0. The number of imidazole rings is 1. The molecule has 5 aromatic rings. The number of non-ortho nitro benzene ring substituents is 1. The lowest BCUT2D eigenvalue weighted by Gasteiger charge is -2.13. The Balaban J connectivity index is 1.44. The molecule has 0 radical (unpaired) electrons. The summed E-state index contributed by atoms with van der Waals surface area (Å²) in [6.45, 7) is 0.370. The number of nitrogens with one attached hydrogen (secondary N) is 1. The minimum absolute atomic E-state index is 0.112. The molecule has 1 N–H and O–H groups in total. The largest absolute Gasteiger partial charge is 0.351 e. The van der Waals surface area contributed by atoms with Gasteiger partial charge in [-0.05, 0) is 18.2 Å². The maximum atomic E-state index is 12.6. The van der Waals surface area contributed by atoms with Crippen molar-refractivity contribution < 1.29 is 9.72 Å². The predicted molar refractivity (Wildman–Crippen MR) is 151 cm³/mol. The van der Waals surface area contributed by atoms with Gasteiger partial charge in [0.15, 0.2) is 5.16 Å². The number of nitrogens with zero attached hydrogens (tertiary/aromatic N) is 3. The first-order valence-corrected chi connectivity index (χ1v) is 13.0. The molecule has 0 bridgehead atoms. The van der Waals surface area contributed by atoms with E-state index in [0.717, 1.165) is 33.4 Å². The Morgan fingerprint density at radius 1 is 0.842 bits per heavy atom. The normalized spacial score (nSPS) is 10.7. The Bertz CT molecular complexity index is 1560. The molecule has 38 heavy (non-hydrogen) atoms. The van der Waals surface area contributed by atoms with Gasteiger partial charge in [0.1, 0.15) is 0 Å². The van der Waals surface area contributed by atoms with Gasteiger partial charge in [-0.1, -0.05) is 96.7 Å². The van der Waals surface area contributed by atoms with Gasteiger partial charge in [-0.15, -0.1) is 0 Å². The van der Waals surface area contributed by atoms with E-state index in [9.17, 15) is 14.9 Å². The second-order valence-corrected chi connectivity index (χ2v) is 9.47. The Hall–Kier alpha value is -4.69. The van der Waals surface area contributed by atoms with Gasteiger partial charge in [-0.25, -0.2) is 4.98 Å². The van der Waals surface area contributed by atoms with Crippen molar-refractivity contribution in [3.8, 4) is 28.2 Å². The van der Waals surface area contributed by atoms with E-state index >= 15 is 0 Å². The van der Waals surface area contributed by atoms with E-state index in [4.69, 9.17) is 4.98 Å². The second-order valence-electron chi connectivity index (χ2n) is 8.41. The van der Waals surface area contributed by atoms with Crippen LogP contribution in [0.2, 0.25) is 0 Å². The van der Waals surface area contributed by atoms with Crippen LogP contribution in [0.25, 0.3) is 28.2 Å². The zero-order valence-corrected chi connectivity index (χ0v) is 21.2. The quantitative estimate of drug-likeness (QED) is 0.102. The molecule has 8 heteroatoms. The third kappa shape index (κ3) is 5.50. The molecule has 0 saturated carbocycles. The summed E-state index contributed by atoms with van der Waals surface area (Å²) in [5, 5.41) is 14.7. The summed E-state index contributed by atoms with van der Waals surface area (Å²) in [5.74, 6) is 0.211. The second kappa shape index (κ2) is 11.6. The lowest BCUT2D eigenvalue weighted by molar-refractivity contribution is -0.384. The number of hydrogen-bond donors (Lipinski definition) is 1.